The maximum Gasteiger partial charge on any atom is 0.258 e. The van der Waals surface area contributed by atoms with Gasteiger partial charge in [-0.25, -0.2) is 13.5 Å². The van der Waals surface area contributed by atoms with E-state index in [2.05, 4.69) is 5.10 Å². The molecule has 0 bridgehead atoms. The molecule has 4 nitrogen and oxygen atoms in total. The second kappa shape index (κ2) is 7.36. The van der Waals surface area contributed by atoms with Gasteiger partial charge in [0.2, 0.25) is 0 Å². The molecule has 0 radical (unpaired) electrons. The van der Waals surface area contributed by atoms with Crippen molar-refractivity contribution in [2.75, 3.05) is 13.1 Å². The molecule has 0 N–H and O–H groups in total. The zero-order valence-corrected chi connectivity index (χ0v) is 16.0. The molecule has 2 heterocycles. The van der Waals surface area contributed by atoms with Crippen molar-refractivity contribution >= 4 is 17.5 Å². The molecule has 1 aliphatic heterocycles. The lowest BCUT2D eigenvalue weighted by Crippen LogP contribution is -2.29. The van der Waals surface area contributed by atoms with E-state index in [1.54, 1.807) is 30.0 Å². The van der Waals surface area contributed by atoms with Gasteiger partial charge in [-0.2, -0.15) is 5.10 Å². The van der Waals surface area contributed by atoms with E-state index < -0.39 is 0 Å². The molecule has 7 heteroatoms. The molecule has 1 aliphatic rings. The fourth-order valence-electron chi connectivity index (χ4n) is 3.63. The van der Waals surface area contributed by atoms with E-state index in [1.165, 1.54) is 28.9 Å². The third-order valence-corrected chi connectivity index (χ3v) is 5.43. The molecule has 1 fully saturated rings. The number of aromatic nitrogens is 2. The second-order valence-electron chi connectivity index (χ2n) is 6.93. The van der Waals surface area contributed by atoms with Crippen molar-refractivity contribution in [3.05, 3.63) is 82.1 Å². The van der Waals surface area contributed by atoms with Crippen molar-refractivity contribution in [2.24, 2.45) is 0 Å². The minimum Gasteiger partial charge on any atom is -0.338 e. The van der Waals surface area contributed by atoms with E-state index in [-0.39, 0.29) is 28.6 Å². The topological polar surface area (TPSA) is 38.1 Å². The minimum absolute atomic E-state index is 0.0888. The number of nitrogens with zero attached hydrogens (tertiary/aromatic N) is 3. The first-order valence-electron chi connectivity index (χ1n) is 9.00. The largest absolute Gasteiger partial charge is 0.338 e. The van der Waals surface area contributed by atoms with Crippen LogP contribution < -0.4 is 0 Å². The summed E-state index contributed by atoms with van der Waals surface area (Å²) in [5.74, 6) is -0.747. The summed E-state index contributed by atoms with van der Waals surface area (Å²) in [6.45, 7) is 2.79. The molecule has 0 aliphatic carbocycles. The Labute approximate surface area is 166 Å². The van der Waals surface area contributed by atoms with Crippen LogP contribution in [0.15, 0.2) is 48.5 Å². The Bertz CT molecular complexity index is 1030. The molecule has 1 amide bonds. The van der Waals surface area contributed by atoms with E-state index >= 15 is 0 Å². The molecule has 144 valence electrons. The molecule has 1 unspecified atom stereocenters. The molecular weight excluding hydrogens is 384 g/mol. The number of halogens is 3. The summed E-state index contributed by atoms with van der Waals surface area (Å²) in [4.78, 5) is 14.8. The third-order valence-electron chi connectivity index (χ3n) is 5.08. The fourth-order valence-corrected chi connectivity index (χ4v) is 3.98. The summed E-state index contributed by atoms with van der Waals surface area (Å²) in [7, 11) is 0. The van der Waals surface area contributed by atoms with Crippen molar-refractivity contribution in [3.8, 4) is 5.69 Å². The minimum atomic E-state index is -0.361. The van der Waals surface area contributed by atoms with Crippen molar-refractivity contribution < 1.29 is 13.6 Å². The predicted molar refractivity (Wildman–Crippen MR) is 103 cm³/mol. The van der Waals surface area contributed by atoms with Gasteiger partial charge in [0, 0.05) is 19.0 Å². The van der Waals surface area contributed by atoms with Gasteiger partial charge in [0.25, 0.3) is 5.91 Å². The smallest absolute Gasteiger partial charge is 0.258 e. The molecule has 1 atom stereocenters. The van der Waals surface area contributed by atoms with Crippen LogP contribution in [0.4, 0.5) is 8.78 Å². The quantitative estimate of drug-likeness (QED) is 0.635. The first kappa shape index (κ1) is 18.6. The van der Waals surface area contributed by atoms with Crippen molar-refractivity contribution in [3.63, 3.8) is 0 Å². The molecule has 1 aromatic heterocycles. The van der Waals surface area contributed by atoms with Crippen LogP contribution in [0.25, 0.3) is 5.69 Å². The Morgan fingerprint density at radius 3 is 2.61 bits per heavy atom. The number of rotatable bonds is 3. The Hall–Kier alpha value is -2.73. The van der Waals surface area contributed by atoms with Gasteiger partial charge in [0.05, 0.1) is 16.9 Å². The van der Waals surface area contributed by atoms with Crippen LogP contribution in [-0.2, 0) is 0 Å². The highest BCUT2D eigenvalue weighted by molar-refractivity contribution is 6.33. The van der Waals surface area contributed by atoms with Crippen LogP contribution in [-0.4, -0.2) is 33.7 Å². The zero-order valence-electron chi connectivity index (χ0n) is 15.2. The number of hydrogen-bond acceptors (Lipinski definition) is 2. The van der Waals surface area contributed by atoms with Crippen LogP contribution in [0, 0.1) is 18.6 Å². The summed E-state index contributed by atoms with van der Waals surface area (Å²) < 4.78 is 28.1. The number of carbonyl (C=O) groups excluding carboxylic acids is 1. The standard InChI is InChI=1S/C21H18ClF2N3O/c1-13-19(20(22)27(25-13)18-7-5-16(23)6-8-18)21(28)26-10-9-15(12-26)14-3-2-4-17(24)11-14/h2-8,11,15H,9-10,12H2,1H3. The van der Waals surface area contributed by atoms with E-state index in [9.17, 15) is 13.6 Å². The molecule has 0 saturated carbocycles. The van der Waals surface area contributed by atoms with Gasteiger partial charge >= 0.3 is 0 Å². The predicted octanol–water partition coefficient (Wildman–Crippen LogP) is 4.74. The average molecular weight is 402 g/mol. The Kier molecular flexibility index (Phi) is 4.89. The number of benzene rings is 2. The summed E-state index contributed by atoms with van der Waals surface area (Å²) in [6, 6.07) is 12.2. The summed E-state index contributed by atoms with van der Waals surface area (Å²) in [5.41, 5.74) is 2.31. The van der Waals surface area contributed by atoms with Crippen LogP contribution in [0.5, 0.6) is 0 Å². The van der Waals surface area contributed by atoms with Crippen LogP contribution >= 0.6 is 11.6 Å². The maximum atomic E-state index is 13.5. The highest BCUT2D eigenvalue weighted by atomic mass is 35.5. The Balaban J connectivity index is 1.58. The Morgan fingerprint density at radius 1 is 1.14 bits per heavy atom. The van der Waals surface area contributed by atoms with E-state index in [0.717, 1.165) is 12.0 Å². The van der Waals surface area contributed by atoms with Gasteiger partial charge in [0.15, 0.2) is 0 Å². The van der Waals surface area contributed by atoms with Crippen LogP contribution in [0.2, 0.25) is 5.15 Å². The molecular formula is C21H18ClF2N3O. The SMILES string of the molecule is Cc1nn(-c2ccc(F)cc2)c(Cl)c1C(=O)N1CCC(c2cccc(F)c2)C1. The number of likely N-dealkylation sites (tertiary alicyclic amines) is 1. The van der Waals surface area contributed by atoms with Crippen molar-refractivity contribution in [1.82, 2.24) is 14.7 Å². The lowest BCUT2D eigenvalue weighted by molar-refractivity contribution is 0.0790. The number of aryl methyl sites for hydroxylation is 1. The van der Waals surface area contributed by atoms with Gasteiger partial charge in [-0.3, -0.25) is 4.79 Å². The van der Waals surface area contributed by atoms with Crippen LogP contribution in [0.1, 0.15) is 34.0 Å². The molecule has 2 aromatic carbocycles. The lowest BCUT2D eigenvalue weighted by Gasteiger charge is -2.17. The lowest BCUT2D eigenvalue weighted by atomic mass is 9.98. The second-order valence-corrected chi connectivity index (χ2v) is 7.29. The number of carbonyl (C=O) groups is 1. The zero-order chi connectivity index (χ0) is 19.8. The van der Waals surface area contributed by atoms with Gasteiger partial charge in [0.1, 0.15) is 16.8 Å². The van der Waals surface area contributed by atoms with Gasteiger partial charge in [-0.05, 0) is 55.3 Å². The van der Waals surface area contributed by atoms with E-state index in [1.807, 2.05) is 6.07 Å². The highest BCUT2D eigenvalue weighted by Gasteiger charge is 2.32. The maximum absolute atomic E-state index is 13.5. The summed E-state index contributed by atoms with van der Waals surface area (Å²) in [5, 5.41) is 4.55. The number of amides is 1. The Morgan fingerprint density at radius 2 is 1.89 bits per heavy atom. The molecule has 28 heavy (non-hydrogen) atoms. The van der Waals surface area contributed by atoms with Crippen molar-refractivity contribution in [2.45, 2.75) is 19.3 Å². The van der Waals surface area contributed by atoms with Crippen molar-refractivity contribution in [1.29, 1.82) is 0 Å². The van der Waals surface area contributed by atoms with Gasteiger partial charge in [-0.15, -0.1) is 0 Å². The first-order valence-corrected chi connectivity index (χ1v) is 9.37. The molecule has 1 saturated heterocycles. The average Bonchev–Trinajstić information content (AvgIpc) is 3.27. The van der Waals surface area contributed by atoms with Crippen LogP contribution in [0.3, 0.4) is 0 Å². The number of hydrogen-bond donors (Lipinski definition) is 0. The van der Waals surface area contributed by atoms with E-state index in [0.29, 0.717) is 30.0 Å². The van der Waals surface area contributed by atoms with E-state index in [4.69, 9.17) is 11.6 Å². The van der Waals surface area contributed by atoms with Gasteiger partial charge in [-0.1, -0.05) is 23.7 Å². The summed E-state index contributed by atoms with van der Waals surface area (Å²) >= 11 is 6.46. The fraction of sp³-hybridized carbons (Fsp3) is 0.238. The normalized spacial score (nSPS) is 16.6. The van der Waals surface area contributed by atoms with Gasteiger partial charge < -0.3 is 4.90 Å². The molecule has 3 aromatic rings. The first-order chi connectivity index (χ1) is 13.4. The molecule has 0 spiro atoms. The summed E-state index contributed by atoms with van der Waals surface area (Å²) in [6.07, 6.45) is 0.762. The monoisotopic (exact) mass is 401 g/mol. The highest BCUT2D eigenvalue weighted by Crippen LogP contribution is 2.31. The molecule has 4 rings (SSSR count). The third kappa shape index (κ3) is 3.40.